The molecule has 1 fully saturated rings. The summed E-state index contributed by atoms with van der Waals surface area (Å²) < 4.78 is 25.5. The summed E-state index contributed by atoms with van der Waals surface area (Å²) in [6.45, 7) is 6.87. The van der Waals surface area contributed by atoms with Crippen molar-refractivity contribution in [3.8, 4) is 0 Å². The summed E-state index contributed by atoms with van der Waals surface area (Å²) in [5.74, 6) is -0.101. The third-order valence-corrected chi connectivity index (χ3v) is 6.37. The number of benzene rings is 2. The van der Waals surface area contributed by atoms with Crippen molar-refractivity contribution in [2.24, 2.45) is 0 Å². The fraction of sp³-hybridized carbons (Fsp3) is 0.350. The molecule has 0 radical (unpaired) electrons. The van der Waals surface area contributed by atoms with E-state index in [0.717, 1.165) is 0 Å². The van der Waals surface area contributed by atoms with E-state index in [9.17, 15) is 13.2 Å². The number of carbonyl (C=O) groups excluding carboxylic acids is 1. The van der Waals surface area contributed by atoms with E-state index in [1.807, 2.05) is 24.3 Å². The van der Waals surface area contributed by atoms with Crippen LogP contribution in [0.15, 0.2) is 48.5 Å². The van der Waals surface area contributed by atoms with Gasteiger partial charge in [-0.3, -0.25) is 9.10 Å². The van der Waals surface area contributed by atoms with E-state index in [-0.39, 0.29) is 17.1 Å². The Balaban J connectivity index is 1.77. The van der Waals surface area contributed by atoms with Gasteiger partial charge in [0, 0.05) is 17.8 Å². The van der Waals surface area contributed by atoms with Crippen molar-refractivity contribution in [1.29, 1.82) is 0 Å². The van der Waals surface area contributed by atoms with Crippen LogP contribution in [0.5, 0.6) is 0 Å². The summed E-state index contributed by atoms with van der Waals surface area (Å²) >= 11 is 0. The van der Waals surface area contributed by atoms with E-state index < -0.39 is 10.0 Å². The molecule has 1 N–H and O–H groups in total. The van der Waals surface area contributed by atoms with Gasteiger partial charge < -0.3 is 5.32 Å². The van der Waals surface area contributed by atoms with E-state index in [0.29, 0.717) is 29.9 Å². The Morgan fingerprint density at radius 3 is 2.35 bits per heavy atom. The maximum Gasteiger partial charge on any atom is 0.255 e. The standard InChI is InChI=1S/C20H24N2O3S/c1-20(2,3)16-8-10-17(11-9-16)21-19(23)15-6-4-7-18(14-15)22-12-5-13-26(22,24)25/h4,6-11,14H,5,12-13H2,1-3H3,(H,21,23). The highest BCUT2D eigenvalue weighted by Gasteiger charge is 2.28. The first-order valence-electron chi connectivity index (χ1n) is 8.69. The molecule has 0 saturated carbocycles. The number of hydrogen-bond acceptors (Lipinski definition) is 3. The number of rotatable bonds is 3. The zero-order valence-electron chi connectivity index (χ0n) is 15.3. The van der Waals surface area contributed by atoms with Gasteiger partial charge in [-0.05, 0) is 47.7 Å². The molecule has 1 amide bonds. The van der Waals surface area contributed by atoms with Crippen LogP contribution in [0.2, 0.25) is 0 Å². The molecular formula is C20H24N2O3S. The Labute approximate surface area is 155 Å². The second-order valence-electron chi connectivity index (χ2n) is 7.57. The quantitative estimate of drug-likeness (QED) is 0.892. The molecule has 138 valence electrons. The second-order valence-corrected chi connectivity index (χ2v) is 9.59. The van der Waals surface area contributed by atoms with Crippen LogP contribution in [0.25, 0.3) is 0 Å². The summed E-state index contributed by atoms with van der Waals surface area (Å²) in [5.41, 5.74) is 2.93. The highest BCUT2D eigenvalue weighted by atomic mass is 32.2. The Morgan fingerprint density at radius 2 is 1.77 bits per heavy atom. The lowest BCUT2D eigenvalue weighted by molar-refractivity contribution is 0.102. The molecule has 26 heavy (non-hydrogen) atoms. The van der Waals surface area contributed by atoms with E-state index in [2.05, 4.69) is 26.1 Å². The number of nitrogens with one attached hydrogen (secondary N) is 1. The second kappa shape index (κ2) is 6.76. The van der Waals surface area contributed by atoms with Crippen LogP contribution in [-0.2, 0) is 15.4 Å². The van der Waals surface area contributed by atoms with Gasteiger partial charge in [0.2, 0.25) is 10.0 Å². The molecule has 0 aliphatic carbocycles. The zero-order chi connectivity index (χ0) is 18.9. The van der Waals surface area contributed by atoms with Crippen molar-refractivity contribution in [2.75, 3.05) is 21.9 Å². The van der Waals surface area contributed by atoms with Gasteiger partial charge in [0.15, 0.2) is 0 Å². The summed E-state index contributed by atoms with van der Waals surface area (Å²) in [6, 6.07) is 14.5. The van der Waals surface area contributed by atoms with Crippen LogP contribution in [0, 0.1) is 0 Å². The van der Waals surface area contributed by atoms with E-state index in [4.69, 9.17) is 0 Å². The normalized spacial score (nSPS) is 16.5. The molecule has 3 rings (SSSR count). The zero-order valence-corrected chi connectivity index (χ0v) is 16.1. The van der Waals surface area contributed by atoms with Crippen molar-refractivity contribution >= 4 is 27.3 Å². The van der Waals surface area contributed by atoms with Gasteiger partial charge in [-0.1, -0.05) is 39.0 Å². The van der Waals surface area contributed by atoms with Gasteiger partial charge in [-0.15, -0.1) is 0 Å². The van der Waals surface area contributed by atoms with Gasteiger partial charge in [0.1, 0.15) is 0 Å². The number of sulfonamides is 1. The summed E-state index contributed by atoms with van der Waals surface area (Å²) in [6.07, 6.45) is 0.610. The largest absolute Gasteiger partial charge is 0.322 e. The fourth-order valence-electron chi connectivity index (χ4n) is 2.99. The minimum absolute atomic E-state index is 0.0537. The molecule has 1 saturated heterocycles. The van der Waals surface area contributed by atoms with Crippen molar-refractivity contribution in [2.45, 2.75) is 32.6 Å². The van der Waals surface area contributed by atoms with Gasteiger partial charge in [-0.2, -0.15) is 0 Å². The first-order chi connectivity index (χ1) is 12.2. The smallest absolute Gasteiger partial charge is 0.255 e. The lowest BCUT2D eigenvalue weighted by Gasteiger charge is -2.19. The minimum Gasteiger partial charge on any atom is -0.322 e. The highest BCUT2D eigenvalue weighted by molar-refractivity contribution is 7.93. The summed E-state index contributed by atoms with van der Waals surface area (Å²) in [7, 11) is -3.26. The number of anilines is 2. The number of carbonyl (C=O) groups is 1. The van der Waals surface area contributed by atoms with E-state index in [1.165, 1.54) is 9.87 Å². The lowest BCUT2D eigenvalue weighted by atomic mass is 9.87. The van der Waals surface area contributed by atoms with Crippen molar-refractivity contribution in [1.82, 2.24) is 0 Å². The van der Waals surface area contributed by atoms with Crippen LogP contribution in [0.4, 0.5) is 11.4 Å². The molecule has 0 atom stereocenters. The monoisotopic (exact) mass is 372 g/mol. The SMILES string of the molecule is CC(C)(C)c1ccc(NC(=O)c2cccc(N3CCCS3(=O)=O)c2)cc1. The molecule has 1 aliphatic heterocycles. The van der Waals surface area contributed by atoms with Gasteiger partial charge in [0.05, 0.1) is 11.4 Å². The van der Waals surface area contributed by atoms with Crippen molar-refractivity contribution in [3.05, 3.63) is 59.7 Å². The predicted molar refractivity (Wildman–Crippen MR) is 105 cm³/mol. The highest BCUT2D eigenvalue weighted by Crippen LogP contribution is 2.26. The van der Waals surface area contributed by atoms with Gasteiger partial charge in [0.25, 0.3) is 5.91 Å². The van der Waals surface area contributed by atoms with Crippen LogP contribution in [0.1, 0.15) is 43.1 Å². The van der Waals surface area contributed by atoms with Crippen molar-refractivity contribution in [3.63, 3.8) is 0 Å². The summed E-state index contributed by atoms with van der Waals surface area (Å²) in [4.78, 5) is 12.5. The Hall–Kier alpha value is -2.34. The maximum absolute atomic E-state index is 12.5. The van der Waals surface area contributed by atoms with Gasteiger partial charge in [-0.25, -0.2) is 8.42 Å². The molecule has 5 nitrogen and oxygen atoms in total. The molecule has 1 aliphatic rings. The van der Waals surface area contributed by atoms with E-state index in [1.54, 1.807) is 24.3 Å². The average molecular weight is 372 g/mol. The molecule has 0 bridgehead atoms. The maximum atomic E-state index is 12.5. The van der Waals surface area contributed by atoms with Crippen LogP contribution in [-0.4, -0.2) is 26.6 Å². The molecule has 2 aromatic carbocycles. The number of nitrogens with zero attached hydrogens (tertiary/aromatic N) is 1. The minimum atomic E-state index is -3.26. The lowest BCUT2D eigenvalue weighted by Crippen LogP contribution is -2.25. The topological polar surface area (TPSA) is 66.5 Å². The van der Waals surface area contributed by atoms with Crippen LogP contribution in [0.3, 0.4) is 0 Å². The molecule has 1 heterocycles. The third kappa shape index (κ3) is 3.90. The fourth-order valence-corrected chi connectivity index (χ4v) is 4.54. The first-order valence-corrected chi connectivity index (χ1v) is 10.3. The summed E-state index contributed by atoms with van der Waals surface area (Å²) in [5, 5.41) is 2.87. The Bertz CT molecular complexity index is 913. The van der Waals surface area contributed by atoms with E-state index >= 15 is 0 Å². The average Bonchev–Trinajstić information content (AvgIpc) is 2.94. The van der Waals surface area contributed by atoms with Gasteiger partial charge >= 0.3 is 0 Å². The number of amides is 1. The van der Waals surface area contributed by atoms with Crippen LogP contribution >= 0.6 is 0 Å². The molecular weight excluding hydrogens is 348 g/mol. The third-order valence-electron chi connectivity index (χ3n) is 4.50. The van der Waals surface area contributed by atoms with Crippen LogP contribution < -0.4 is 9.62 Å². The molecule has 2 aromatic rings. The predicted octanol–water partition coefficient (Wildman–Crippen LogP) is 3.78. The first kappa shape index (κ1) is 18.5. The Morgan fingerprint density at radius 1 is 1.08 bits per heavy atom. The molecule has 0 spiro atoms. The number of hydrogen-bond donors (Lipinski definition) is 1. The molecule has 6 heteroatoms. The van der Waals surface area contributed by atoms with Crippen molar-refractivity contribution < 1.29 is 13.2 Å². The molecule has 0 unspecified atom stereocenters. The Kier molecular flexibility index (Phi) is 4.80. The molecule has 0 aromatic heterocycles.